The van der Waals surface area contributed by atoms with Crippen LogP contribution in [-0.2, 0) is 6.54 Å². The van der Waals surface area contributed by atoms with Gasteiger partial charge in [0, 0.05) is 31.1 Å². The standard InChI is InChI=1S/C28H33F3N4O5S/c1-4-32-26(37)33-15-7-5-6-8-16-35-23(19-9-11-20(12-10-19)40-28(29,30)31)18-41-27(35)34-25(36)22-14-13-21(38-2)17-24(22)39-3/h9-14,17-18H,4-8,15-16H2,1-3H3,(H2,32,33,37). The molecule has 0 fully saturated rings. The molecule has 0 saturated heterocycles. The van der Waals surface area contributed by atoms with Gasteiger partial charge in [0.25, 0.3) is 5.91 Å². The van der Waals surface area contributed by atoms with Crippen LogP contribution in [0.3, 0.4) is 0 Å². The van der Waals surface area contributed by atoms with Gasteiger partial charge < -0.3 is 29.4 Å². The molecule has 13 heteroatoms. The molecule has 3 aromatic rings. The van der Waals surface area contributed by atoms with Gasteiger partial charge >= 0.3 is 12.4 Å². The lowest BCUT2D eigenvalue weighted by Gasteiger charge is -2.12. The van der Waals surface area contributed by atoms with Crippen LogP contribution >= 0.6 is 11.3 Å². The number of amides is 3. The van der Waals surface area contributed by atoms with Gasteiger partial charge in [-0.3, -0.25) is 4.79 Å². The molecule has 0 spiro atoms. The zero-order chi connectivity index (χ0) is 29.8. The van der Waals surface area contributed by atoms with Crippen LogP contribution in [0.2, 0.25) is 0 Å². The Balaban J connectivity index is 1.82. The van der Waals surface area contributed by atoms with Crippen LogP contribution in [0.5, 0.6) is 17.2 Å². The van der Waals surface area contributed by atoms with Crippen molar-refractivity contribution < 1.29 is 37.0 Å². The van der Waals surface area contributed by atoms with E-state index in [0.29, 0.717) is 47.2 Å². The third-order valence-electron chi connectivity index (χ3n) is 5.95. The average molecular weight is 595 g/mol. The minimum absolute atomic E-state index is 0.193. The summed E-state index contributed by atoms with van der Waals surface area (Å²) in [6.07, 6.45) is -1.48. The minimum atomic E-state index is -4.78. The number of urea groups is 1. The van der Waals surface area contributed by atoms with E-state index < -0.39 is 12.3 Å². The Bertz CT molecular complexity index is 1370. The Labute approximate surface area is 240 Å². The molecule has 2 N–H and O–H groups in total. The van der Waals surface area contributed by atoms with E-state index in [-0.39, 0.29) is 17.3 Å². The molecular weight excluding hydrogens is 561 g/mol. The molecule has 0 radical (unpaired) electrons. The van der Waals surface area contributed by atoms with Crippen molar-refractivity contribution >= 4 is 23.3 Å². The first-order valence-electron chi connectivity index (χ1n) is 13.0. The first-order chi connectivity index (χ1) is 19.6. The van der Waals surface area contributed by atoms with Gasteiger partial charge in [0.05, 0.1) is 25.5 Å². The number of alkyl halides is 3. The lowest BCUT2D eigenvalue weighted by molar-refractivity contribution is -0.274. The molecule has 1 heterocycles. The molecule has 0 aliphatic rings. The molecule has 2 aromatic carbocycles. The van der Waals surface area contributed by atoms with Crippen molar-refractivity contribution in [3.63, 3.8) is 0 Å². The highest BCUT2D eigenvalue weighted by Crippen LogP contribution is 2.28. The molecule has 0 saturated carbocycles. The van der Waals surface area contributed by atoms with Crippen LogP contribution < -0.4 is 29.6 Å². The summed E-state index contributed by atoms with van der Waals surface area (Å²) in [5, 5.41) is 7.29. The monoisotopic (exact) mass is 594 g/mol. The Kier molecular flexibility index (Phi) is 11.6. The maximum absolute atomic E-state index is 13.2. The lowest BCUT2D eigenvalue weighted by Crippen LogP contribution is -2.35. The smallest absolute Gasteiger partial charge is 0.497 e. The average Bonchev–Trinajstić information content (AvgIpc) is 3.33. The van der Waals surface area contributed by atoms with Gasteiger partial charge in [0.15, 0.2) is 4.80 Å². The Morgan fingerprint density at radius 3 is 2.32 bits per heavy atom. The summed E-state index contributed by atoms with van der Waals surface area (Å²) >= 11 is 1.25. The van der Waals surface area contributed by atoms with Crippen LogP contribution in [-0.4, -0.2) is 50.2 Å². The fraction of sp³-hybridized carbons (Fsp3) is 0.393. The molecular formula is C28H33F3N4O5S. The molecule has 0 bridgehead atoms. The van der Waals surface area contributed by atoms with Crippen LogP contribution in [0.15, 0.2) is 52.8 Å². The van der Waals surface area contributed by atoms with E-state index in [4.69, 9.17) is 9.47 Å². The number of methoxy groups -OCH3 is 2. The SMILES string of the molecule is CCNC(=O)NCCCCCCn1c(-c2ccc(OC(F)(F)F)cc2)csc1=NC(=O)c1ccc(OC)cc1OC. The molecule has 0 atom stereocenters. The highest BCUT2D eigenvalue weighted by molar-refractivity contribution is 7.07. The van der Waals surface area contributed by atoms with Gasteiger partial charge in [0.1, 0.15) is 17.2 Å². The van der Waals surface area contributed by atoms with E-state index >= 15 is 0 Å². The van der Waals surface area contributed by atoms with Gasteiger partial charge in [-0.1, -0.05) is 12.8 Å². The van der Waals surface area contributed by atoms with E-state index in [1.165, 1.54) is 49.8 Å². The van der Waals surface area contributed by atoms with Crippen LogP contribution in [0, 0.1) is 0 Å². The molecule has 0 unspecified atom stereocenters. The molecule has 41 heavy (non-hydrogen) atoms. The number of benzene rings is 2. The molecule has 9 nitrogen and oxygen atoms in total. The number of aromatic nitrogens is 1. The van der Waals surface area contributed by atoms with Crippen molar-refractivity contribution in [3.8, 4) is 28.5 Å². The maximum Gasteiger partial charge on any atom is 0.573 e. The van der Waals surface area contributed by atoms with Crippen molar-refractivity contribution in [2.45, 2.75) is 45.5 Å². The highest BCUT2D eigenvalue weighted by Gasteiger charge is 2.31. The van der Waals surface area contributed by atoms with Crippen molar-refractivity contribution in [1.29, 1.82) is 0 Å². The molecule has 3 amide bonds. The second kappa shape index (κ2) is 15.1. The van der Waals surface area contributed by atoms with E-state index in [0.717, 1.165) is 25.7 Å². The lowest BCUT2D eigenvalue weighted by atomic mass is 10.1. The topological polar surface area (TPSA) is 103 Å². The van der Waals surface area contributed by atoms with Crippen LogP contribution in [0.1, 0.15) is 43.0 Å². The number of hydrogen-bond acceptors (Lipinski definition) is 6. The Hall–Kier alpha value is -4.00. The number of nitrogens with one attached hydrogen (secondary N) is 2. The summed E-state index contributed by atoms with van der Waals surface area (Å²) < 4.78 is 54.2. The molecule has 222 valence electrons. The molecule has 0 aliphatic carbocycles. The predicted molar refractivity (Wildman–Crippen MR) is 149 cm³/mol. The van der Waals surface area contributed by atoms with Crippen molar-refractivity contribution in [2.75, 3.05) is 27.3 Å². The molecule has 3 rings (SSSR count). The fourth-order valence-electron chi connectivity index (χ4n) is 3.99. The third-order valence-corrected chi connectivity index (χ3v) is 6.81. The predicted octanol–water partition coefficient (Wildman–Crippen LogP) is 5.75. The number of carbonyl (C=O) groups is 2. The van der Waals surface area contributed by atoms with E-state index in [1.807, 2.05) is 16.9 Å². The first-order valence-corrected chi connectivity index (χ1v) is 13.9. The zero-order valence-corrected chi connectivity index (χ0v) is 23.9. The quantitative estimate of drug-likeness (QED) is 0.245. The van der Waals surface area contributed by atoms with Crippen molar-refractivity contribution in [2.24, 2.45) is 4.99 Å². The van der Waals surface area contributed by atoms with E-state index in [9.17, 15) is 22.8 Å². The van der Waals surface area contributed by atoms with Crippen molar-refractivity contribution in [1.82, 2.24) is 15.2 Å². The van der Waals surface area contributed by atoms with Crippen LogP contribution in [0.25, 0.3) is 11.3 Å². The van der Waals surface area contributed by atoms with Gasteiger partial charge in [0.2, 0.25) is 0 Å². The van der Waals surface area contributed by atoms with E-state index in [2.05, 4.69) is 20.4 Å². The first kappa shape index (κ1) is 31.5. The summed E-state index contributed by atoms with van der Waals surface area (Å²) in [6, 6.07) is 10.2. The number of thiazole rings is 1. The van der Waals surface area contributed by atoms with Gasteiger partial charge in [-0.15, -0.1) is 24.5 Å². The number of carbonyl (C=O) groups excluding carboxylic acids is 2. The third kappa shape index (κ3) is 9.55. The molecule has 1 aromatic heterocycles. The van der Waals surface area contributed by atoms with Gasteiger partial charge in [-0.05, 0) is 61.7 Å². The fourth-order valence-corrected chi connectivity index (χ4v) is 4.92. The zero-order valence-electron chi connectivity index (χ0n) is 23.0. The summed E-state index contributed by atoms with van der Waals surface area (Å²) in [7, 11) is 2.96. The van der Waals surface area contributed by atoms with E-state index in [1.54, 1.807) is 18.2 Å². The van der Waals surface area contributed by atoms with Gasteiger partial charge in [-0.25, -0.2) is 4.79 Å². The number of rotatable bonds is 13. The van der Waals surface area contributed by atoms with Crippen LogP contribution in [0.4, 0.5) is 18.0 Å². The summed E-state index contributed by atoms with van der Waals surface area (Å²) in [4.78, 5) is 29.5. The highest BCUT2D eigenvalue weighted by atomic mass is 32.1. The van der Waals surface area contributed by atoms with Gasteiger partial charge in [-0.2, -0.15) is 4.99 Å². The second-order valence-corrected chi connectivity index (χ2v) is 9.65. The summed E-state index contributed by atoms with van der Waals surface area (Å²) in [6.45, 7) is 3.50. The number of ether oxygens (including phenoxy) is 3. The summed E-state index contributed by atoms with van der Waals surface area (Å²) in [5.74, 6) is 0.0295. The van der Waals surface area contributed by atoms with Crippen molar-refractivity contribution in [3.05, 3.63) is 58.2 Å². The molecule has 0 aliphatic heterocycles. The second-order valence-electron chi connectivity index (χ2n) is 8.81. The Morgan fingerprint density at radius 1 is 0.951 bits per heavy atom. The number of hydrogen-bond donors (Lipinski definition) is 2. The number of nitrogens with zero attached hydrogens (tertiary/aromatic N) is 2. The summed E-state index contributed by atoms with van der Waals surface area (Å²) in [5.41, 5.74) is 1.63. The largest absolute Gasteiger partial charge is 0.573 e. The minimum Gasteiger partial charge on any atom is -0.497 e. The Morgan fingerprint density at radius 2 is 1.66 bits per heavy atom. The number of halogens is 3. The maximum atomic E-state index is 13.2. The number of unbranched alkanes of at least 4 members (excludes halogenated alkanes) is 3. The normalized spacial score (nSPS) is 11.7.